The van der Waals surface area contributed by atoms with E-state index in [1.165, 1.54) is 6.20 Å². The number of sulfone groups is 1. The predicted octanol–water partition coefficient (Wildman–Crippen LogP) is 6.94. The van der Waals surface area contributed by atoms with Gasteiger partial charge in [-0.25, -0.2) is 13.4 Å². The second-order valence-electron chi connectivity index (χ2n) is 16.9. The molecule has 338 valence electrons. The number of piperidine rings is 2. The normalized spacial score (nSPS) is 17.2. The average Bonchev–Trinajstić information content (AvgIpc) is 3.50. The molecule has 0 aliphatic carbocycles. The van der Waals surface area contributed by atoms with E-state index in [0.717, 1.165) is 42.0 Å². The van der Waals surface area contributed by atoms with Gasteiger partial charge < -0.3 is 20.7 Å². The minimum Gasteiger partial charge on any atom is -0.489 e. The topological polar surface area (TPSA) is 209 Å². The maximum atomic E-state index is 13.4. The number of carbonyl (C=O) groups excluding carboxylic acids is 5. The van der Waals surface area contributed by atoms with Crippen LogP contribution in [0.2, 0.25) is 5.02 Å². The van der Waals surface area contributed by atoms with Crippen LogP contribution in [0.25, 0.3) is 0 Å². The Balaban J connectivity index is 0.930. The van der Waals surface area contributed by atoms with Gasteiger partial charge in [-0.1, -0.05) is 29.8 Å². The SMILES string of the molecule is Cc1cc(Nc2ncc(Cl)c(Nc3ccccc3S(=O)(=O)C(C)C)n2)c(OC(C)C)cc1C1CCN(CC(=O)CCCNc2cccc3c2C(=O)N(C2CCC(=O)NC2=O)C3=O)CC1. The first kappa shape index (κ1) is 46.1. The van der Waals surface area contributed by atoms with Gasteiger partial charge in [-0.2, -0.15) is 4.98 Å². The molecule has 4 heterocycles. The van der Waals surface area contributed by atoms with E-state index in [0.29, 0.717) is 48.7 Å². The number of nitrogens with one attached hydrogen (secondary N) is 4. The number of ketones is 1. The molecule has 2 fully saturated rings. The van der Waals surface area contributed by atoms with Gasteiger partial charge in [0, 0.05) is 25.1 Å². The summed E-state index contributed by atoms with van der Waals surface area (Å²) in [5.41, 5.74) is 4.08. The number of anilines is 5. The number of benzene rings is 3. The summed E-state index contributed by atoms with van der Waals surface area (Å²) in [6.45, 7) is 11.5. The maximum Gasteiger partial charge on any atom is 0.264 e. The van der Waals surface area contributed by atoms with Crippen LogP contribution in [-0.4, -0.2) is 101 Å². The lowest BCUT2D eigenvalue weighted by Gasteiger charge is -2.33. The molecule has 0 bridgehead atoms. The quantitative estimate of drug-likeness (QED) is 0.0626. The van der Waals surface area contributed by atoms with E-state index in [-0.39, 0.29) is 63.5 Å². The summed E-state index contributed by atoms with van der Waals surface area (Å²) in [6.07, 6.45) is 4.01. The highest BCUT2D eigenvalue weighted by molar-refractivity contribution is 7.92. The fraction of sp³-hybridized carbons (Fsp3) is 0.413. The van der Waals surface area contributed by atoms with E-state index in [9.17, 15) is 32.4 Å². The average molecular weight is 913 g/mol. The first-order valence-corrected chi connectivity index (χ1v) is 23.5. The number of rotatable bonds is 17. The van der Waals surface area contributed by atoms with Crippen molar-refractivity contribution in [3.63, 3.8) is 0 Å². The second kappa shape index (κ2) is 19.5. The van der Waals surface area contributed by atoms with Crippen molar-refractivity contribution in [2.45, 2.75) is 101 Å². The summed E-state index contributed by atoms with van der Waals surface area (Å²) in [6, 6.07) is 14.6. The van der Waals surface area contributed by atoms with E-state index < -0.39 is 44.8 Å². The molecule has 3 aromatic carbocycles. The fourth-order valence-electron chi connectivity index (χ4n) is 8.33. The Morgan fingerprint density at radius 3 is 2.39 bits per heavy atom. The van der Waals surface area contributed by atoms with E-state index in [4.69, 9.17) is 16.3 Å². The lowest BCUT2D eigenvalue weighted by atomic mass is 9.86. The van der Waals surface area contributed by atoms with Crippen molar-refractivity contribution in [2.24, 2.45) is 0 Å². The highest BCUT2D eigenvalue weighted by Gasteiger charge is 2.45. The second-order valence-corrected chi connectivity index (χ2v) is 19.8. The van der Waals surface area contributed by atoms with Crippen molar-refractivity contribution in [2.75, 3.05) is 42.1 Å². The monoisotopic (exact) mass is 912 g/mol. The molecule has 0 spiro atoms. The van der Waals surface area contributed by atoms with Crippen molar-refractivity contribution in [1.29, 1.82) is 0 Å². The van der Waals surface area contributed by atoms with Crippen molar-refractivity contribution in [1.82, 2.24) is 25.1 Å². The number of halogens is 1. The smallest absolute Gasteiger partial charge is 0.264 e. The van der Waals surface area contributed by atoms with Crippen LogP contribution in [0.5, 0.6) is 5.75 Å². The summed E-state index contributed by atoms with van der Waals surface area (Å²) in [5, 5.41) is 11.4. The fourth-order valence-corrected chi connectivity index (χ4v) is 9.67. The van der Waals surface area contributed by atoms with Gasteiger partial charge in [0.1, 0.15) is 22.6 Å². The van der Waals surface area contributed by atoms with Gasteiger partial charge in [-0.05, 0) is 127 Å². The summed E-state index contributed by atoms with van der Waals surface area (Å²) in [5.74, 6) is -0.781. The van der Waals surface area contributed by atoms with E-state index in [2.05, 4.69) is 49.1 Å². The Labute approximate surface area is 377 Å². The zero-order valence-electron chi connectivity index (χ0n) is 36.5. The highest BCUT2D eigenvalue weighted by atomic mass is 35.5. The number of Topliss-reactive ketones (excluding diaryl/α,β-unsaturated/α-hetero) is 1. The number of nitrogens with zero attached hydrogens (tertiary/aromatic N) is 4. The van der Waals surface area contributed by atoms with Gasteiger partial charge in [-0.15, -0.1) is 0 Å². The Morgan fingerprint density at radius 1 is 0.938 bits per heavy atom. The zero-order chi connectivity index (χ0) is 45.9. The van der Waals surface area contributed by atoms with Gasteiger partial charge in [0.05, 0.1) is 51.5 Å². The molecule has 4 amide bonds. The molecule has 7 rings (SSSR count). The first-order valence-electron chi connectivity index (χ1n) is 21.5. The van der Waals surface area contributed by atoms with Crippen molar-refractivity contribution in [3.8, 4) is 5.75 Å². The molecule has 2 saturated heterocycles. The number of hydrogen-bond acceptors (Lipinski definition) is 14. The largest absolute Gasteiger partial charge is 0.489 e. The summed E-state index contributed by atoms with van der Waals surface area (Å²) in [4.78, 5) is 76.1. The number of fused-ring (bicyclic) bond motifs is 1. The molecule has 4 N–H and O–H groups in total. The minimum absolute atomic E-state index is 0.0434. The number of carbonyl (C=O) groups is 5. The highest BCUT2D eigenvalue weighted by Crippen LogP contribution is 2.39. The Kier molecular flexibility index (Phi) is 14.0. The molecule has 1 atom stereocenters. The molecule has 18 heteroatoms. The summed E-state index contributed by atoms with van der Waals surface area (Å²) < 4.78 is 32.5. The number of aryl methyl sites for hydroxylation is 1. The molecule has 16 nitrogen and oxygen atoms in total. The maximum absolute atomic E-state index is 13.4. The zero-order valence-corrected chi connectivity index (χ0v) is 38.1. The number of aromatic nitrogens is 2. The minimum atomic E-state index is -3.60. The summed E-state index contributed by atoms with van der Waals surface area (Å²) in [7, 11) is -3.60. The third kappa shape index (κ3) is 10.1. The number of likely N-dealkylation sites (tertiary alicyclic amines) is 1. The molecular formula is C46H53ClN8O8S. The van der Waals surface area contributed by atoms with Crippen molar-refractivity contribution >= 4 is 79.7 Å². The Morgan fingerprint density at radius 2 is 1.67 bits per heavy atom. The van der Waals surface area contributed by atoms with E-state index >= 15 is 0 Å². The number of imide groups is 2. The van der Waals surface area contributed by atoms with E-state index in [1.54, 1.807) is 56.3 Å². The molecule has 4 aromatic rings. The van der Waals surface area contributed by atoms with Crippen LogP contribution >= 0.6 is 11.6 Å². The lowest BCUT2D eigenvalue weighted by Crippen LogP contribution is -2.54. The van der Waals surface area contributed by atoms with Crippen molar-refractivity contribution < 1.29 is 37.1 Å². The Hall–Kier alpha value is -5.91. The molecule has 1 unspecified atom stereocenters. The van der Waals surface area contributed by atoms with Gasteiger partial charge in [-0.3, -0.25) is 39.1 Å². The molecule has 64 heavy (non-hydrogen) atoms. The number of ether oxygens (including phenoxy) is 1. The van der Waals surface area contributed by atoms with Crippen LogP contribution in [0, 0.1) is 6.92 Å². The number of hydrogen-bond donors (Lipinski definition) is 4. The number of para-hydroxylation sites is 1. The van der Waals surface area contributed by atoms with Crippen LogP contribution < -0.4 is 26.0 Å². The molecule has 3 aliphatic heterocycles. The number of amides is 4. The first-order chi connectivity index (χ1) is 30.5. The van der Waals surface area contributed by atoms with Gasteiger partial charge in [0.15, 0.2) is 15.7 Å². The van der Waals surface area contributed by atoms with Gasteiger partial charge in [0.25, 0.3) is 11.8 Å². The molecule has 0 saturated carbocycles. The van der Waals surface area contributed by atoms with Crippen LogP contribution in [-0.2, 0) is 24.2 Å². The third-order valence-corrected chi connectivity index (χ3v) is 14.1. The molecule has 3 aliphatic rings. The Bertz CT molecular complexity index is 2600. The molecular weight excluding hydrogens is 860 g/mol. The van der Waals surface area contributed by atoms with Gasteiger partial charge >= 0.3 is 0 Å². The van der Waals surface area contributed by atoms with Crippen LogP contribution in [0.4, 0.5) is 28.8 Å². The van der Waals surface area contributed by atoms with Crippen LogP contribution in [0.3, 0.4) is 0 Å². The van der Waals surface area contributed by atoms with Crippen molar-refractivity contribution in [3.05, 3.63) is 88.1 Å². The van der Waals surface area contributed by atoms with E-state index in [1.807, 2.05) is 19.9 Å². The van der Waals surface area contributed by atoms with Crippen LogP contribution in [0.15, 0.2) is 65.7 Å². The molecule has 1 aromatic heterocycles. The lowest BCUT2D eigenvalue weighted by molar-refractivity contribution is -0.136. The standard InChI is InChI=1S/C46H53ClN8O8S/c1-26(2)63-38-23-32(28(5)22-36(38)51-46-49-24-33(47)42(53-46)50-34-12-6-7-14-39(34)64(61,62)27(3)4)29-17-20-54(21-18-29)25-30(56)10-9-19-48-35-13-8-11-31-41(35)45(60)55(44(31)59)37-15-16-40(57)52-43(37)58/h6-8,11-14,22-24,26-27,29,37,48H,9-10,15-21,25H2,1-5H3,(H,52,57,58)(H2,49,50,51,53). The predicted molar refractivity (Wildman–Crippen MR) is 244 cm³/mol. The van der Waals surface area contributed by atoms with Gasteiger partial charge in [0.2, 0.25) is 17.8 Å². The van der Waals surface area contributed by atoms with Crippen LogP contribution in [0.1, 0.15) is 104 Å². The third-order valence-electron chi connectivity index (χ3n) is 11.6. The summed E-state index contributed by atoms with van der Waals surface area (Å²) >= 11 is 6.50. The molecule has 0 radical (unpaired) electrons.